The fourth-order valence-corrected chi connectivity index (χ4v) is 4.29. The lowest BCUT2D eigenvalue weighted by Crippen LogP contribution is -2.34. The van der Waals surface area contributed by atoms with Crippen molar-refractivity contribution in [2.45, 2.75) is 51.2 Å². The number of aromatic nitrogens is 1. The van der Waals surface area contributed by atoms with Gasteiger partial charge in [0.25, 0.3) is 5.91 Å². The van der Waals surface area contributed by atoms with Gasteiger partial charge in [0.05, 0.1) is 16.4 Å². The number of carbonyl (C=O) groups excluding carboxylic acids is 1. The lowest BCUT2D eigenvalue weighted by molar-refractivity contribution is 0.101. The van der Waals surface area contributed by atoms with Gasteiger partial charge >= 0.3 is 0 Å². The summed E-state index contributed by atoms with van der Waals surface area (Å²) in [4.78, 5) is 13.0. The molecular weight excluding hydrogens is 401 g/mol. The van der Waals surface area contributed by atoms with Gasteiger partial charge in [0.2, 0.25) is 0 Å². The monoisotopic (exact) mass is 425 g/mol. The number of halogens is 2. The van der Waals surface area contributed by atoms with Crippen molar-refractivity contribution in [2.75, 3.05) is 10.0 Å². The SMILES string of the molecule is Cn1c(N[S+]([O-])C(C)(C)C)c2c(c1C(=O)Nc1ccc(F)c(Cl)c1)CCCC2. The standard InChI is InChI=1S/C20H25ClFN3O2S/c1-20(2,3)28(27)24-18-14-8-6-5-7-13(14)17(25(18)4)19(26)23-12-9-10-16(22)15(21)11-12/h9-11,24H,5-8H2,1-4H3,(H,23,26). The van der Waals surface area contributed by atoms with E-state index >= 15 is 0 Å². The van der Waals surface area contributed by atoms with Crippen LogP contribution in [0.2, 0.25) is 5.02 Å². The van der Waals surface area contributed by atoms with Crippen LogP contribution in [-0.2, 0) is 31.3 Å². The minimum atomic E-state index is -1.30. The summed E-state index contributed by atoms with van der Waals surface area (Å²) in [5.41, 5.74) is 2.99. The zero-order valence-electron chi connectivity index (χ0n) is 16.5. The van der Waals surface area contributed by atoms with Crippen LogP contribution in [0.1, 0.15) is 55.2 Å². The number of nitrogens with zero attached hydrogens (tertiary/aromatic N) is 1. The number of amides is 1. The molecule has 1 atom stereocenters. The molecule has 1 heterocycles. The summed E-state index contributed by atoms with van der Waals surface area (Å²) in [7, 11) is 1.80. The van der Waals surface area contributed by atoms with Gasteiger partial charge in [-0.1, -0.05) is 11.6 Å². The second-order valence-electron chi connectivity index (χ2n) is 7.99. The van der Waals surface area contributed by atoms with Crippen LogP contribution in [0.25, 0.3) is 0 Å². The number of fused-ring (bicyclic) bond motifs is 1. The van der Waals surface area contributed by atoms with Crippen LogP contribution in [0.15, 0.2) is 18.2 Å². The van der Waals surface area contributed by atoms with Crippen molar-refractivity contribution in [1.82, 2.24) is 4.57 Å². The molecule has 28 heavy (non-hydrogen) atoms. The molecule has 2 N–H and O–H groups in total. The highest BCUT2D eigenvalue weighted by Gasteiger charge is 2.33. The van der Waals surface area contributed by atoms with E-state index in [-0.39, 0.29) is 10.9 Å². The molecule has 0 saturated heterocycles. The zero-order valence-corrected chi connectivity index (χ0v) is 18.1. The fourth-order valence-electron chi connectivity index (χ4n) is 3.37. The predicted octanol–water partition coefficient (Wildman–Crippen LogP) is 4.82. The molecule has 0 saturated carbocycles. The smallest absolute Gasteiger partial charge is 0.272 e. The van der Waals surface area contributed by atoms with Gasteiger partial charge in [-0.15, -0.1) is 0 Å². The maximum absolute atomic E-state index is 13.4. The second kappa shape index (κ2) is 7.97. The first-order valence-corrected chi connectivity index (χ1v) is 10.8. The molecule has 1 amide bonds. The average molecular weight is 426 g/mol. The molecule has 1 aliphatic carbocycles. The summed E-state index contributed by atoms with van der Waals surface area (Å²) in [6, 6.07) is 4.08. The Labute approximate surface area is 173 Å². The predicted molar refractivity (Wildman–Crippen MR) is 113 cm³/mol. The highest BCUT2D eigenvalue weighted by atomic mass is 35.5. The summed E-state index contributed by atoms with van der Waals surface area (Å²) in [6.45, 7) is 5.70. The first kappa shape index (κ1) is 21.0. The first-order valence-electron chi connectivity index (χ1n) is 9.25. The van der Waals surface area contributed by atoms with Crippen LogP contribution >= 0.6 is 11.6 Å². The van der Waals surface area contributed by atoms with Crippen LogP contribution in [0.4, 0.5) is 15.9 Å². The molecule has 1 aromatic heterocycles. The lowest BCUT2D eigenvalue weighted by atomic mass is 9.93. The third-order valence-corrected chi connectivity index (χ3v) is 6.63. The van der Waals surface area contributed by atoms with E-state index in [0.29, 0.717) is 11.4 Å². The molecule has 0 fully saturated rings. The van der Waals surface area contributed by atoms with E-state index in [0.717, 1.165) is 42.6 Å². The Morgan fingerprint density at radius 3 is 2.50 bits per heavy atom. The van der Waals surface area contributed by atoms with E-state index < -0.39 is 21.9 Å². The van der Waals surface area contributed by atoms with Gasteiger partial charge in [0.15, 0.2) is 5.82 Å². The number of hydrogen-bond donors (Lipinski definition) is 2. The van der Waals surface area contributed by atoms with Gasteiger partial charge in [0, 0.05) is 18.3 Å². The van der Waals surface area contributed by atoms with E-state index in [2.05, 4.69) is 10.0 Å². The zero-order chi connectivity index (χ0) is 20.6. The normalized spacial score (nSPS) is 15.1. The maximum atomic E-state index is 13.4. The highest BCUT2D eigenvalue weighted by Crippen LogP contribution is 2.35. The molecule has 3 rings (SSSR count). The van der Waals surface area contributed by atoms with Crippen molar-refractivity contribution in [2.24, 2.45) is 7.05 Å². The molecule has 1 aliphatic rings. The highest BCUT2D eigenvalue weighted by molar-refractivity contribution is 7.94. The maximum Gasteiger partial charge on any atom is 0.272 e. The van der Waals surface area contributed by atoms with Crippen LogP contribution < -0.4 is 10.0 Å². The molecule has 0 radical (unpaired) electrons. The van der Waals surface area contributed by atoms with Crippen LogP contribution in [-0.4, -0.2) is 19.8 Å². The largest absolute Gasteiger partial charge is 0.593 e. The van der Waals surface area contributed by atoms with Crippen molar-refractivity contribution in [1.29, 1.82) is 0 Å². The van der Waals surface area contributed by atoms with Gasteiger partial charge in [-0.2, -0.15) is 4.72 Å². The topological polar surface area (TPSA) is 69.1 Å². The number of carbonyl (C=O) groups is 1. The van der Waals surface area contributed by atoms with Gasteiger partial charge < -0.3 is 14.4 Å². The Morgan fingerprint density at radius 2 is 1.89 bits per heavy atom. The van der Waals surface area contributed by atoms with E-state index in [4.69, 9.17) is 11.6 Å². The molecule has 152 valence electrons. The molecular formula is C20H25ClFN3O2S. The van der Waals surface area contributed by atoms with Gasteiger partial charge in [-0.3, -0.25) is 4.79 Å². The number of hydrogen-bond acceptors (Lipinski definition) is 3. The average Bonchev–Trinajstić information content (AvgIpc) is 2.89. The Kier molecular flexibility index (Phi) is 5.98. The third kappa shape index (κ3) is 4.16. The summed E-state index contributed by atoms with van der Waals surface area (Å²) < 4.78 is 30.5. The van der Waals surface area contributed by atoms with Crippen molar-refractivity contribution >= 4 is 40.4 Å². The van der Waals surface area contributed by atoms with E-state index in [1.165, 1.54) is 18.2 Å². The van der Waals surface area contributed by atoms with Crippen molar-refractivity contribution in [3.05, 3.63) is 45.9 Å². The van der Waals surface area contributed by atoms with Crippen molar-refractivity contribution < 1.29 is 13.7 Å². The van der Waals surface area contributed by atoms with Gasteiger partial charge in [0.1, 0.15) is 16.3 Å². The molecule has 8 heteroatoms. The Bertz CT molecular complexity index is 908. The molecule has 2 aromatic rings. The number of anilines is 2. The summed E-state index contributed by atoms with van der Waals surface area (Å²) in [5.74, 6) is -0.102. The van der Waals surface area contributed by atoms with Gasteiger partial charge in [-0.25, -0.2) is 4.39 Å². The number of nitrogens with one attached hydrogen (secondary N) is 2. The molecule has 0 bridgehead atoms. The summed E-state index contributed by atoms with van der Waals surface area (Å²) in [5, 5.41) is 2.75. The van der Waals surface area contributed by atoms with Crippen molar-refractivity contribution in [3.8, 4) is 0 Å². The summed E-state index contributed by atoms with van der Waals surface area (Å²) >= 11 is 4.52. The van der Waals surface area contributed by atoms with E-state index in [9.17, 15) is 13.7 Å². The third-order valence-electron chi connectivity index (χ3n) is 4.85. The molecule has 0 spiro atoms. The Hall–Kier alpha value is -1.70. The molecule has 0 aliphatic heterocycles. The minimum Gasteiger partial charge on any atom is -0.593 e. The molecule has 1 unspecified atom stereocenters. The lowest BCUT2D eigenvalue weighted by Gasteiger charge is -2.25. The summed E-state index contributed by atoms with van der Waals surface area (Å²) in [6.07, 6.45) is 3.66. The minimum absolute atomic E-state index is 0.0466. The van der Waals surface area contributed by atoms with E-state index in [1.54, 1.807) is 11.6 Å². The van der Waals surface area contributed by atoms with Crippen molar-refractivity contribution in [3.63, 3.8) is 0 Å². The van der Waals surface area contributed by atoms with Crippen LogP contribution in [0.3, 0.4) is 0 Å². The van der Waals surface area contributed by atoms with Gasteiger partial charge in [-0.05, 0) is 70.2 Å². The molecule has 5 nitrogen and oxygen atoms in total. The first-order chi connectivity index (χ1) is 13.1. The quantitative estimate of drug-likeness (QED) is 0.690. The fraction of sp³-hybridized carbons (Fsp3) is 0.450. The molecule has 1 aromatic carbocycles. The Morgan fingerprint density at radius 1 is 1.25 bits per heavy atom. The number of benzene rings is 1. The number of rotatable bonds is 4. The Balaban J connectivity index is 1.96. The van der Waals surface area contributed by atoms with Crippen LogP contribution in [0, 0.1) is 5.82 Å². The second-order valence-corrected chi connectivity index (χ2v) is 10.4. The van der Waals surface area contributed by atoms with E-state index in [1.807, 2.05) is 20.8 Å². The van der Waals surface area contributed by atoms with Crippen LogP contribution in [0.5, 0.6) is 0 Å².